The lowest BCUT2D eigenvalue weighted by molar-refractivity contribution is 0.594. The van der Waals surface area contributed by atoms with Crippen molar-refractivity contribution in [2.24, 2.45) is 0 Å². The van der Waals surface area contributed by atoms with Gasteiger partial charge >= 0.3 is 0 Å². The second-order valence-electron chi connectivity index (χ2n) is 4.57. The summed E-state index contributed by atoms with van der Waals surface area (Å²) in [5.41, 5.74) is 0. The van der Waals surface area contributed by atoms with Crippen LogP contribution in [0.4, 0.5) is 0 Å². The summed E-state index contributed by atoms with van der Waals surface area (Å²) in [6, 6.07) is 0. The maximum Gasteiger partial charge on any atom is -0.000473 e. The molecule has 0 atom stereocenters. The first-order valence-corrected chi connectivity index (χ1v) is 8.65. The fourth-order valence-corrected chi connectivity index (χ4v) is 2.34. The zero-order chi connectivity index (χ0) is 11.9. The lowest BCUT2D eigenvalue weighted by atomic mass is 10.1. The number of rotatable bonds is 12. The first-order chi connectivity index (χ1) is 7.91. The molecule has 0 unspecified atom stereocenters. The smallest absolute Gasteiger partial charge is 0.000473 e. The van der Waals surface area contributed by atoms with Crippen LogP contribution in [0.1, 0.15) is 77.6 Å². The van der Waals surface area contributed by atoms with Crippen LogP contribution in [-0.4, -0.2) is 4.43 Å². The lowest BCUT2D eigenvalue weighted by Gasteiger charge is -1.99. The molecule has 0 fully saturated rings. The largest absolute Gasteiger partial charge is 0.0885 e. The summed E-state index contributed by atoms with van der Waals surface area (Å²) < 4.78 is 1.33. The van der Waals surface area contributed by atoms with Gasteiger partial charge in [-0.25, -0.2) is 0 Å². The van der Waals surface area contributed by atoms with Gasteiger partial charge in [-0.15, -0.1) is 0 Å². The van der Waals surface area contributed by atoms with Crippen molar-refractivity contribution in [1.29, 1.82) is 0 Å². The minimum atomic E-state index is 1.28. The number of alkyl halides is 1. The molecule has 0 spiro atoms. The van der Waals surface area contributed by atoms with E-state index in [9.17, 15) is 0 Å². The van der Waals surface area contributed by atoms with E-state index in [0.717, 1.165) is 0 Å². The summed E-state index contributed by atoms with van der Waals surface area (Å²) in [5.74, 6) is 0. The van der Waals surface area contributed by atoms with Crippen LogP contribution < -0.4 is 0 Å². The Morgan fingerprint density at radius 1 is 0.688 bits per heavy atom. The zero-order valence-electron chi connectivity index (χ0n) is 11.0. The van der Waals surface area contributed by atoms with Crippen LogP contribution in [0.3, 0.4) is 0 Å². The van der Waals surface area contributed by atoms with Crippen molar-refractivity contribution in [2.45, 2.75) is 77.6 Å². The van der Waals surface area contributed by atoms with Gasteiger partial charge in [0.25, 0.3) is 0 Å². The maximum atomic E-state index is 2.47. The van der Waals surface area contributed by atoms with Gasteiger partial charge in [0.05, 0.1) is 0 Å². The molecule has 0 aliphatic carbocycles. The Balaban J connectivity index is 2.95. The minimum absolute atomic E-state index is 1.28. The SMILES string of the molecule is CCCC/C=C\CCCCCCCCCI. The quantitative estimate of drug-likeness (QED) is 0.170. The molecule has 0 saturated heterocycles. The third kappa shape index (κ3) is 14.5. The molecule has 0 aliphatic rings. The van der Waals surface area contributed by atoms with E-state index in [1.807, 2.05) is 0 Å². The molecule has 0 N–H and O–H groups in total. The molecule has 0 aliphatic heterocycles. The van der Waals surface area contributed by atoms with Gasteiger partial charge in [0.1, 0.15) is 0 Å². The van der Waals surface area contributed by atoms with Gasteiger partial charge in [0, 0.05) is 0 Å². The highest BCUT2D eigenvalue weighted by Gasteiger charge is 1.90. The molecule has 1 heteroatoms. The Kier molecular flexibility index (Phi) is 15.9. The van der Waals surface area contributed by atoms with Crippen LogP contribution in [-0.2, 0) is 0 Å². The van der Waals surface area contributed by atoms with Crippen LogP contribution in [0, 0.1) is 0 Å². The summed E-state index contributed by atoms with van der Waals surface area (Å²) in [4.78, 5) is 0. The van der Waals surface area contributed by atoms with Gasteiger partial charge in [0.2, 0.25) is 0 Å². The van der Waals surface area contributed by atoms with E-state index in [2.05, 4.69) is 41.7 Å². The maximum absolute atomic E-state index is 2.47. The van der Waals surface area contributed by atoms with Crippen molar-refractivity contribution in [2.75, 3.05) is 4.43 Å². The Labute approximate surface area is 116 Å². The normalized spacial score (nSPS) is 11.4. The van der Waals surface area contributed by atoms with Gasteiger partial charge in [-0.1, -0.05) is 86.6 Å². The molecule has 0 nitrogen and oxygen atoms in total. The molecule has 16 heavy (non-hydrogen) atoms. The summed E-state index contributed by atoms with van der Waals surface area (Å²) in [5, 5.41) is 0. The molecular formula is C15H29I. The highest BCUT2D eigenvalue weighted by molar-refractivity contribution is 14.1. The van der Waals surface area contributed by atoms with Crippen molar-refractivity contribution >= 4 is 22.6 Å². The summed E-state index contributed by atoms with van der Waals surface area (Å²) in [6.07, 6.45) is 20.1. The fraction of sp³-hybridized carbons (Fsp3) is 0.867. The van der Waals surface area contributed by atoms with Gasteiger partial charge in [-0.2, -0.15) is 0 Å². The highest BCUT2D eigenvalue weighted by Crippen LogP contribution is 2.09. The Bertz CT molecular complexity index is 140. The number of hydrogen-bond donors (Lipinski definition) is 0. The Morgan fingerprint density at radius 3 is 1.75 bits per heavy atom. The molecule has 0 rings (SSSR count). The lowest BCUT2D eigenvalue weighted by Crippen LogP contribution is -1.80. The summed E-state index contributed by atoms with van der Waals surface area (Å²) >= 11 is 2.47. The second kappa shape index (κ2) is 15.5. The molecule has 0 aromatic carbocycles. The van der Waals surface area contributed by atoms with Crippen molar-refractivity contribution in [1.82, 2.24) is 0 Å². The van der Waals surface area contributed by atoms with Gasteiger partial charge in [0.15, 0.2) is 0 Å². The molecule has 0 saturated carbocycles. The molecule has 0 bridgehead atoms. The van der Waals surface area contributed by atoms with Crippen molar-refractivity contribution in [3.05, 3.63) is 12.2 Å². The van der Waals surface area contributed by atoms with E-state index in [-0.39, 0.29) is 0 Å². The summed E-state index contributed by atoms with van der Waals surface area (Å²) in [7, 11) is 0. The number of allylic oxidation sites excluding steroid dienone is 2. The standard InChI is InChI=1S/C15H29I/c1-2-3-4-5-6-7-8-9-10-11-12-13-14-15-16/h5-6H,2-4,7-15H2,1H3/b6-5-. The molecular weight excluding hydrogens is 307 g/mol. The van der Waals surface area contributed by atoms with Crippen LogP contribution >= 0.6 is 22.6 Å². The van der Waals surface area contributed by atoms with E-state index >= 15 is 0 Å². The molecule has 0 aromatic heterocycles. The zero-order valence-corrected chi connectivity index (χ0v) is 13.2. The molecule has 0 radical (unpaired) electrons. The van der Waals surface area contributed by atoms with Gasteiger partial charge in [-0.05, 0) is 30.1 Å². The van der Waals surface area contributed by atoms with Gasteiger partial charge in [-0.3, -0.25) is 0 Å². The van der Waals surface area contributed by atoms with Crippen molar-refractivity contribution < 1.29 is 0 Å². The second-order valence-corrected chi connectivity index (χ2v) is 5.64. The molecule has 0 aromatic rings. The first kappa shape index (κ1) is 16.5. The molecule has 96 valence electrons. The topological polar surface area (TPSA) is 0 Å². The van der Waals surface area contributed by atoms with E-state index in [1.54, 1.807) is 0 Å². The fourth-order valence-electron chi connectivity index (χ4n) is 1.80. The third-order valence-corrected chi connectivity index (χ3v) is 3.66. The predicted octanol–water partition coefficient (Wildman–Crippen LogP) is 6.29. The van der Waals surface area contributed by atoms with E-state index in [1.165, 1.54) is 75.1 Å². The van der Waals surface area contributed by atoms with Crippen molar-refractivity contribution in [3.8, 4) is 0 Å². The monoisotopic (exact) mass is 336 g/mol. The number of unbranched alkanes of at least 4 members (excludes halogenated alkanes) is 9. The van der Waals surface area contributed by atoms with Crippen LogP contribution in [0.25, 0.3) is 0 Å². The van der Waals surface area contributed by atoms with Crippen LogP contribution in [0.2, 0.25) is 0 Å². The molecule has 0 amide bonds. The van der Waals surface area contributed by atoms with E-state index in [0.29, 0.717) is 0 Å². The van der Waals surface area contributed by atoms with Crippen molar-refractivity contribution in [3.63, 3.8) is 0 Å². The average molecular weight is 336 g/mol. The average Bonchev–Trinajstić information content (AvgIpc) is 2.31. The Morgan fingerprint density at radius 2 is 1.19 bits per heavy atom. The Hall–Kier alpha value is 0.470. The molecule has 0 heterocycles. The third-order valence-electron chi connectivity index (χ3n) is 2.90. The van der Waals surface area contributed by atoms with E-state index in [4.69, 9.17) is 0 Å². The highest BCUT2D eigenvalue weighted by atomic mass is 127. The minimum Gasteiger partial charge on any atom is -0.0885 e. The predicted molar refractivity (Wildman–Crippen MR) is 84.5 cm³/mol. The number of hydrogen-bond acceptors (Lipinski definition) is 0. The van der Waals surface area contributed by atoms with Crippen LogP contribution in [0.5, 0.6) is 0 Å². The van der Waals surface area contributed by atoms with Gasteiger partial charge < -0.3 is 0 Å². The first-order valence-electron chi connectivity index (χ1n) is 7.12. The van der Waals surface area contributed by atoms with E-state index < -0.39 is 0 Å². The van der Waals surface area contributed by atoms with Crippen LogP contribution in [0.15, 0.2) is 12.2 Å². The number of halogens is 1. The summed E-state index contributed by atoms with van der Waals surface area (Å²) in [6.45, 7) is 2.26.